The average Bonchev–Trinajstić information content (AvgIpc) is 2.68. The number of rotatable bonds is 5. The second-order valence-electron chi connectivity index (χ2n) is 6.04. The van der Waals surface area contributed by atoms with Gasteiger partial charge in [0.2, 0.25) is 17.5 Å². The molecule has 0 spiro atoms. The molecule has 12 heteroatoms. The summed E-state index contributed by atoms with van der Waals surface area (Å²) in [5, 5.41) is 12.6. The third-order valence-electron chi connectivity index (χ3n) is 3.89. The van der Waals surface area contributed by atoms with Gasteiger partial charge < -0.3 is 5.32 Å². The van der Waals surface area contributed by atoms with E-state index >= 15 is 0 Å². The number of benzene rings is 2. The van der Waals surface area contributed by atoms with Crippen molar-refractivity contribution in [2.75, 3.05) is 5.32 Å². The molecule has 0 radical (unpaired) electrons. The van der Waals surface area contributed by atoms with Crippen molar-refractivity contribution in [1.29, 1.82) is 0 Å². The van der Waals surface area contributed by atoms with Gasteiger partial charge in [0.25, 0.3) is 0 Å². The predicted molar refractivity (Wildman–Crippen MR) is 102 cm³/mol. The van der Waals surface area contributed by atoms with Crippen LogP contribution in [0.5, 0.6) is 0 Å². The number of aromatic nitrogens is 2. The minimum absolute atomic E-state index is 0.0240. The highest BCUT2D eigenvalue weighted by atomic mass is 32.2. The second-order valence-corrected chi connectivity index (χ2v) is 7.37. The minimum Gasteiger partial charge on any atom is -0.325 e. The fraction of sp³-hybridized carbons (Fsp3) is 0.167. The molecule has 0 saturated heterocycles. The summed E-state index contributed by atoms with van der Waals surface area (Å²) >= 11 is 0.773. The van der Waals surface area contributed by atoms with E-state index in [1.807, 2.05) is 0 Å². The molecule has 0 aliphatic rings. The first kappa shape index (κ1) is 21.4. The summed E-state index contributed by atoms with van der Waals surface area (Å²) in [5.41, 5.74) is -0.766. The fourth-order valence-corrected chi connectivity index (χ4v) is 3.40. The number of amides is 1. The van der Waals surface area contributed by atoms with Gasteiger partial charge in [-0.2, -0.15) is 17.6 Å². The highest BCUT2D eigenvalue weighted by Gasteiger charge is 2.36. The lowest BCUT2D eigenvalue weighted by molar-refractivity contribution is -0.387. The number of carbonyl (C=O) groups excluding carboxylic acids is 1. The molecule has 1 heterocycles. The lowest BCUT2D eigenvalue weighted by Crippen LogP contribution is -2.23. The molecule has 1 N–H and O–H groups in total. The van der Waals surface area contributed by atoms with Gasteiger partial charge in [-0.15, -0.1) is 0 Å². The maximum Gasteiger partial charge on any atom is 0.451 e. The van der Waals surface area contributed by atoms with Crippen molar-refractivity contribution in [3.63, 3.8) is 0 Å². The summed E-state index contributed by atoms with van der Waals surface area (Å²) in [6.45, 7) is 1.43. The normalized spacial score (nSPS) is 12.6. The summed E-state index contributed by atoms with van der Waals surface area (Å²) in [6, 6.07) is 8.89. The summed E-state index contributed by atoms with van der Waals surface area (Å²) in [6.07, 6.45) is -4.77. The van der Waals surface area contributed by atoms with Gasteiger partial charge >= 0.3 is 11.9 Å². The van der Waals surface area contributed by atoms with Crippen molar-refractivity contribution in [2.24, 2.45) is 0 Å². The Labute approximate surface area is 170 Å². The Morgan fingerprint density at radius 1 is 1.20 bits per heavy atom. The summed E-state index contributed by atoms with van der Waals surface area (Å²) in [4.78, 5) is 29.4. The number of nitro benzene ring substituents is 1. The van der Waals surface area contributed by atoms with Crippen molar-refractivity contribution in [2.45, 2.75) is 23.4 Å². The number of alkyl halides is 3. The van der Waals surface area contributed by atoms with Crippen LogP contribution in [0.3, 0.4) is 0 Å². The number of nitro groups is 1. The Hall–Kier alpha value is -3.28. The van der Waals surface area contributed by atoms with Crippen LogP contribution < -0.4 is 5.32 Å². The first-order valence-electron chi connectivity index (χ1n) is 8.31. The number of nitrogens with one attached hydrogen (secondary N) is 1. The van der Waals surface area contributed by atoms with E-state index in [2.05, 4.69) is 15.3 Å². The van der Waals surface area contributed by atoms with E-state index in [1.165, 1.54) is 25.1 Å². The topological polar surface area (TPSA) is 98.0 Å². The zero-order valence-corrected chi connectivity index (χ0v) is 15.9. The lowest BCUT2D eigenvalue weighted by atomic mass is 10.2. The molecule has 3 rings (SSSR count). The smallest absolute Gasteiger partial charge is 0.325 e. The Morgan fingerprint density at radius 2 is 1.90 bits per heavy atom. The molecule has 1 atom stereocenters. The molecule has 0 aliphatic heterocycles. The van der Waals surface area contributed by atoms with Gasteiger partial charge in [0.05, 0.1) is 15.7 Å². The van der Waals surface area contributed by atoms with E-state index in [9.17, 15) is 32.5 Å². The maximum absolute atomic E-state index is 13.4. The molecule has 3 aromatic rings. The lowest BCUT2D eigenvalue weighted by Gasteiger charge is -2.14. The van der Waals surface area contributed by atoms with E-state index < -0.39 is 39.6 Å². The van der Waals surface area contributed by atoms with Crippen LogP contribution in [0.25, 0.3) is 10.9 Å². The first-order chi connectivity index (χ1) is 14.1. The third-order valence-corrected chi connectivity index (χ3v) is 4.99. The van der Waals surface area contributed by atoms with Crippen LogP contribution in [0.15, 0.2) is 47.5 Å². The number of para-hydroxylation sites is 1. The molecule has 7 nitrogen and oxygen atoms in total. The summed E-state index contributed by atoms with van der Waals surface area (Å²) in [7, 11) is 0. The Kier molecular flexibility index (Phi) is 5.87. The summed E-state index contributed by atoms with van der Waals surface area (Å²) in [5.74, 6) is -3.05. The van der Waals surface area contributed by atoms with Gasteiger partial charge in [-0.3, -0.25) is 14.9 Å². The monoisotopic (exact) mass is 440 g/mol. The molecule has 0 saturated carbocycles. The highest BCUT2D eigenvalue weighted by molar-refractivity contribution is 8.00. The average molecular weight is 440 g/mol. The number of hydrogen-bond donors (Lipinski definition) is 1. The molecule has 0 fully saturated rings. The molecule has 0 bridgehead atoms. The number of halogens is 4. The minimum atomic E-state index is -4.77. The molecular formula is C18H12F4N4O3S. The molecule has 1 amide bonds. The van der Waals surface area contributed by atoms with Crippen LogP contribution in [0.4, 0.5) is 28.9 Å². The predicted octanol–water partition coefficient (Wildman–Crippen LogP) is 4.82. The van der Waals surface area contributed by atoms with Crippen molar-refractivity contribution < 1.29 is 27.3 Å². The van der Waals surface area contributed by atoms with Crippen LogP contribution in [0, 0.1) is 15.9 Å². The van der Waals surface area contributed by atoms with Crippen LogP contribution >= 0.6 is 11.8 Å². The van der Waals surface area contributed by atoms with Gasteiger partial charge in [-0.25, -0.2) is 9.97 Å². The molecule has 0 aliphatic carbocycles. The van der Waals surface area contributed by atoms with Crippen LogP contribution in [0.1, 0.15) is 12.7 Å². The molecule has 30 heavy (non-hydrogen) atoms. The summed E-state index contributed by atoms with van der Waals surface area (Å²) < 4.78 is 52.8. The number of fused-ring (bicyclic) bond motifs is 1. The third kappa shape index (κ3) is 4.64. The quantitative estimate of drug-likeness (QED) is 0.201. The molecule has 2 aromatic carbocycles. The Bertz CT molecular complexity index is 1140. The molecular weight excluding hydrogens is 428 g/mol. The van der Waals surface area contributed by atoms with E-state index in [0.717, 1.165) is 30.0 Å². The van der Waals surface area contributed by atoms with E-state index in [1.54, 1.807) is 6.07 Å². The zero-order valence-electron chi connectivity index (χ0n) is 15.1. The van der Waals surface area contributed by atoms with Gasteiger partial charge in [0, 0.05) is 17.1 Å². The van der Waals surface area contributed by atoms with Crippen LogP contribution in [-0.4, -0.2) is 26.0 Å². The van der Waals surface area contributed by atoms with Crippen molar-refractivity contribution >= 4 is 39.9 Å². The van der Waals surface area contributed by atoms with E-state index in [0.29, 0.717) is 5.39 Å². The molecule has 1 unspecified atom stereocenters. The maximum atomic E-state index is 13.4. The highest BCUT2D eigenvalue weighted by Crippen LogP contribution is 2.34. The first-order valence-corrected chi connectivity index (χ1v) is 9.19. The van der Waals surface area contributed by atoms with Crippen molar-refractivity contribution in [3.8, 4) is 0 Å². The largest absolute Gasteiger partial charge is 0.451 e. The number of anilines is 1. The second kappa shape index (κ2) is 8.22. The Balaban J connectivity index is 1.86. The van der Waals surface area contributed by atoms with Crippen LogP contribution in [0.2, 0.25) is 0 Å². The standard InChI is InChI=1S/C18H12F4N4O3S/c1-9(15(27)23-10-6-7-12(19)14(8-10)26(28)29)30-16-11-4-2-3-5-13(11)24-17(25-16)18(20,21)22/h2-9H,1H3,(H,23,27). The van der Waals surface area contributed by atoms with Gasteiger partial charge in [0.15, 0.2) is 0 Å². The number of thioether (sulfide) groups is 1. The van der Waals surface area contributed by atoms with Gasteiger partial charge in [0.1, 0.15) is 5.03 Å². The van der Waals surface area contributed by atoms with Crippen molar-refractivity contribution in [3.05, 3.63) is 64.2 Å². The van der Waals surface area contributed by atoms with Gasteiger partial charge in [-0.05, 0) is 25.1 Å². The van der Waals surface area contributed by atoms with E-state index in [-0.39, 0.29) is 16.2 Å². The molecule has 1 aromatic heterocycles. The number of carbonyl (C=O) groups is 1. The SMILES string of the molecule is CC(Sc1nc(C(F)(F)F)nc2ccccc12)C(=O)Nc1ccc(F)c([N+](=O)[O-])c1. The number of nitrogens with zero attached hydrogens (tertiary/aromatic N) is 3. The van der Waals surface area contributed by atoms with E-state index in [4.69, 9.17) is 0 Å². The van der Waals surface area contributed by atoms with Crippen molar-refractivity contribution in [1.82, 2.24) is 9.97 Å². The fourth-order valence-electron chi connectivity index (χ4n) is 2.46. The number of hydrogen-bond acceptors (Lipinski definition) is 6. The molecule has 156 valence electrons. The zero-order chi connectivity index (χ0) is 22.1. The van der Waals surface area contributed by atoms with Crippen LogP contribution in [-0.2, 0) is 11.0 Å². The van der Waals surface area contributed by atoms with Gasteiger partial charge in [-0.1, -0.05) is 30.0 Å². The Morgan fingerprint density at radius 3 is 2.57 bits per heavy atom.